The van der Waals surface area contributed by atoms with Gasteiger partial charge in [-0.05, 0) is 100 Å². The minimum absolute atomic E-state index is 0.00924. The summed E-state index contributed by atoms with van der Waals surface area (Å²) in [6, 6.07) is 7.99. The Balaban J connectivity index is 1.20. The molecule has 4 bridgehead atoms. The lowest BCUT2D eigenvalue weighted by Gasteiger charge is -2.57. The second kappa shape index (κ2) is 9.53. The molecule has 4 nitrogen and oxygen atoms in total. The Hall–Kier alpha value is -1.75. The van der Waals surface area contributed by atoms with E-state index in [9.17, 15) is 10.2 Å². The fourth-order valence-electron chi connectivity index (χ4n) is 8.31. The molecular weight excluding hydrogens is 491 g/mol. The highest BCUT2D eigenvalue weighted by Gasteiger charge is 2.52. The van der Waals surface area contributed by atoms with Crippen LogP contribution in [0.25, 0.3) is 0 Å². The molecule has 6 heteroatoms. The summed E-state index contributed by atoms with van der Waals surface area (Å²) in [6.07, 6.45) is 11.9. The molecule has 5 fully saturated rings. The van der Waals surface area contributed by atoms with Gasteiger partial charge in [-0.15, -0.1) is 0 Å². The first kappa shape index (κ1) is 24.6. The molecule has 1 atom stereocenters. The lowest BCUT2D eigenvalue weighted by molar-refractivity contribution is -0.00624. The van der Waals surface area contributed by atoms with Crippen molar-refractivity contribution in [2.75, 3.05) is 13.1 Å². The van der Waals surface area contributed by atoms with Gasteiger partial charge in [0.1, 0.15) is 11.5 Å². The molecule has 1 heterocycles. The van der Waals surface area contributed by atoms with E-state index in [1.54, 1.807) is 12.3 Å². The number of benzene rings is 2. The highest BCUT2D eigenvalue weighted by molar-refractivity contribution is 6.36. The zero-order chi connectivity index (χ0) is 25.0. The maximum Gasteiger partial charge on any atom is 0.143 e. The summed E-state index contributed by atoms with van der Waals surface area (Å²) in [6.45, 7) is 4.58. The van der Waals surface area contributed by atoms with E-state index in [1.807, 2.05) is 0 Å². The van der Waals surface area contributed by atoms with Crippen LogP contribution in [0, 0.1) is 24.7 Å². The Morgan fingerprint density at radius 3 is 2.39 bits per heavy atom. The number of phenolic OH excluding ortho intramolecular Hbond substituents is 2. The SMILES string of the molecule is Cc1cc(CN2CCCC2CN=Cc2cc(Cl)cc(Cl)c2O)c(O)c(C23CC4CC(CC(C4)C2)C3)c1. The maximum absolute atomic E-state index is 11.6. The molecule has 2 aromatic rings. The minimum atomic E-state index is 0.00924. The normalized spacial score (nSPS) is 31.6. The monoisotopic (exact) mass is 526 g/mol. The number of nitrogens with zero attached hydrogens (tertiary/aromatic N) is 2. The Morgan fingerprint density at radius 1 is 1.00 bits per heavy atom. The van der Waals surface area contributed by atoms with Crippen LogP contribution in [-0.2, 0) is 12.0 Å². The van der Waals surface area contributed by atoms with E-state index in [0.717, 1.165) is 49.2 Å². The largest absolute Gasteiger partial charge is 0.507 e. The van der Waals surface area contributed by atoms with Gasteiger partial charge in [0, 0.05) is 40.5 Å². The number of aryl methyl sites for hydroxylation is 1. The van der Waals surface area contributed by atoms with Crippen LogP contribution in [0.1, 0.15) is 73.6 Å². The van der Waals surface area contributed by atoms with Gasteiger partial charge in [0.05, 0.1) is 11.6 Å². The van der Waals surface area contributed by atoms with Crippen molar-refractivity contribution in [2.24, 2.45) is 22.7 Å². The maximum atomic E-state index is 11.6. The Bertz CT molecular complexity index is 1160. The first-order valence-corrected chi connectivity index (χ1v) is 14.3. The van der Waals surface area contributed by atoms with Crippen LogP contribution < -0.4 is 0 Å². The summed E-state index contributed by atoms with van der Waals surface area (Å²) < 4.78 is 0. The second-order valence-electron chi connectivity index (χ2n) is 12.1. The third kappa shape index (κ3) is 4.54. The molecule has 0 spiro atoms. The molecule has 0 amide bonds. The molecule has 2 N–H and O–H groups in total. The highest BCUT2D eigenvalue weighted by atomic mass is 35.5. The molecular formula is C30H36Cl2N2O2. The smallest absolute Gasteiger partial charge is 0.143 e. The molecule has 5 aliphatic rings. The Morgan fingerprint density at radius 2 is 1.69 bits per heavy atom. The van der Waals surface area contributed by atoms with E-state index in [1.165, 1.54) is 55.7 Å². The molecule has 36 heavy (non-hydrogen) atoms. The summed E-state index contributed by atoms with van der Waals surface area (Å²) in [7, 11) is 0. The molecule has 192 valence electrons. The van der Waals surface area contributed by atoms with Gasteiger partial charge in [-0.3, -0.25) is 9.89 Å². The fourth-order valence-corrected chi connectivity index (χ4v) is 8.81. The van der Waals surface area contributed by atoms with Crippen molar-refractivity contribution in [3.8, 4) is 11.5 Å². The fraction of sp³-hybridized carbons (Fsp3) is 0.567. The third-order valence-corrected chi connectivity index (χ3v) is 9.93. The summed E-state index contributed by atoms with van der Waals surface area (Å²) in [4.78, 5) is 7.09. The molecule has 7 rings (SSSR count). The lowest BCUT2D eigenvalue weighted by Crippen LogP contribution is -2.48. The number of aromatic hydroxyl groups is 2. The predicted molar refractivity (Wildman–Crippen MR) is 147 cm³/mol. The van der Waals surface area contributed by atoms with Crippen molar-refractivity contribution in [2.45, 2.75) is 76.3 Å². The zero-order valence-electron chi connectivity index (χ0n) is 21.0. The lowest BCUT2D eigenvalue weighted by atomic mass is 9.48. The summed E-state index contributed by atoms with van der Waals surface area (Å²) >= 11 is 12.1. The second-order valence-corrected chi connectivity index (χ2v) is 12.9. The van der Waals surface area contributed by atoms with Crippen molar-refractivity contribution in [3.63, 3.8) is 0 Å². The van der Waals surface area contributed by atoms with Gasteiger partial charge in [-0.25, -0.2) is 0 Å². The summed E-state index contributed by atoms with van der Waals surface area (Å²) in [5.74, 6) is 3.13. The molecule has 1 aliphatic heterocycles. The number of phenols is 2. The molecule has 4 aliphatic carbocycles. The topological polar surface area (TPSA) is 56.1 Å². The number of halogens is 2. The first-order chi connectivity index (χ1) is 17.3. The van der Waals surface area contributed by atoms with Crippen LogP contribution in [0.2, 0.25) is 10.0 Å². The van der Waals surface area contributed by atoms with E-state index in [-0.39, 0.29) is 16.2 Å². The number of hydrogen-bond acceptors (Lipinski definition) is 4. The van der Waals surface area contributed by atoms with Crippen molar-refractivity contribution >= 4 is 29.4 Å². The van der Waals surface area contributed by atoms with Crippen molar-refractivity contribution in [1.82, 2.24) is 4.90 Å². The quantitative estimate of drug-likeness (QED) is 0.389. The molecule has 0 radical (unpaired) electrons. The van der Waals surface area contributed by atoms with Crippen LogP contribution in [0.15, 0.2) is 29.3 Å². The number of hydrogen-bond donors (Lipinski definition) is 2. The van der Waals surface area contributed by atoms with E-state index in [0.29, 0.717) is 28.9 Å². The first-order valence-electron chi connectivity index (χ1n) is 13.5. The van der Waals surface area contributed by atoms with E-state index in [2.05, 4.69) is 28.9 Å². The van der Waals surface area contributed by atoms with Gasteiger partial charge in [-0.2, -0.15) is 0 Å². The van der Waals surface area contributed by atoms with Crippen LogP contribution in [0.4, 0.5) is 0 Å². The molecule has 4 saturated carbocycles. The average molecular weight is 528 g/mol. The Labute approximate surface area is 224 Å². The number of rotatable bonds is 6. The van der Waals surface area contributed by atoms with Gasteiger partial charge in [0.2, 0.25) is 0 Å². The van der Waals surface area contributed by atoms with Gasteiger partial charge in [-0.1, -0.05) is 40.9 Å². The molecule has 1 unspecified atom stereocenters. The van der Waals surface area contributed by atoms with E-state index in [4.69, 9.17) is 23.2 Å². The van der Waals surface area contributed by atoms with Crippen LogP contribution >= 0.6 is 23.2 Å². The Kier molecular flexibility index (Phi) is 6.50. The molecule has 0 aromatic heterocycles. The molecule has 1 saturated heterocycles. The minimum Gasteiger partial charge on any atom is -0.507 e. The highest BCUT2D eigenvalue weighted by Crippen LogP contribution is 2.62. The van der Waals surface area contributed by atoms with Crippen molar-refractivity contribution in [3.05, 3.63) is 56.6 Å². The van der Waals surface area contributed by atoms with Gasteiger partial charge < -0.3 is 10.2 Å². The number of likely N-dealkylation sites (tertiary alicyclic amines) is 1. The van der Waals surface area contributed by atoms with Gasteiger partial charge >= 0.3 is 0 Å². The standard InChI is InChI=1S/C30H36Cl2N2O2/c1-18-5-23(28(35)26(6-18)30-12-19-7-20(13-30)9-21(8-19)14-30)17-34-4-2-3-25(34)16-33-15-22-10-24(31)11-27(32)29(22)36/h5-6,10-11,15,19-21,25,35-36H,2-4,7-9,12-14,16-17H2,1H3. The van der Waals surface area contributed by atoms with Gasteiger partial charge in [0.15, 0.2) is 0 Å². The van der Waals surface area contributed by atoms with Crippen LogP contribution in [0.3, 0.4) is 0 Å². The van der Waals surface area contributed by atoms with Gasteiger partial charge in [0.25, 0.3) is 0 Å². The van der Waals surface area contributed by atoms with E-state index >= 15 is 0 Å². The van der Waals surface area contributed by atoms with Crippen LogP contribution in [-0.4, -0.2) is 40.5 Å². The summed E-state index contributed by atoms with van der Waals surface area (Å²) in [5.41, 5.74) is 4.29. The number of aliphatic imine (C=N–C) groups is 1. The zero-order valence-corrected chi connectivity index (χ0v) is 22.5. The third-order valence-electron chi connectivity index (χ3n) is 9.42. The van der Waals surface area contributed by atoms with Crippen molar-refractivity contribution in [1.29, 1.82) is 0 Å². The van der Waals surface area contributed by atoms with Crippen molar-refractivity contribution < 1.29 is 10.2 Å². The average Bonchev–Trinajstić information content (AvgIpc) is 3.25. The predicted octanol–water partition coefficient (Wildman–Crippen LogP) is 7.26. The van der Waals surface area contributed by atoms with E-state index < -0.39 is 0 Å². The summed E-state index contributed by atoms with van der Waals surface area (Å²) in [5, 5.41) is 22.5. The molecule has 2 aromatic carbocycles. The van der Waals surface area contributed by atoms with Crippen LogP contribution in [0.5, 0.6) is 11.5 Å².